The van der Waals surface area contributed by atoms with E-state index in [1.807, 2.05) is 0 Å². The number of nitrogens with two attached hydrogens (primary N) is 1. The Labute approximate surface area is 76.6 Å². The first-order valence-corrected chi connectivity index (χ1v) is 5.58. The van der Waals surface area contributed by atoms with Gasteiger partial charge in [-0.25, -0.2) is 0 Å². The van der Waals surface area contributed by atoms with Crippen molar-refractivity contribution in [2.45, 2.75) is 13.1 Å². The number of hydrogen-bond acceptors (Lipinski definition) is 2. The maximum atomic E-state index is 10.7. The van der Waals surface area contributed by atoms with Gasteiger partial charge in [0.2, 0.25) is 0 Å². The van der Waals surface area contributed by atoms with Crippen LogP contribution in [0.5, 0.6) is 0 Å². The highest BCUT2D eigenvalue weighted by molar-refractivity contribution is 7.50. The molecule has 0 aliphatic rings. The molecule has 0 aromatic heterocycles. The maximum Gasteiger partial charge on any atom is 0.329 e. The molecule has 72 valence electrons. The topological polar surface area (TPSA) is 83.5 Å². The van der Waals surface area contributed by atoms with E-state index < -0.39 is 7.60 Å². The van der Waals surface area contributed by atoms with Crippen LogP contribution in [0.2, 0.25) is 0 Å². The zero-order valence-corrected chi connectivity index (χ0v) is 8.16. The molecule has 1 rings (SSSR count). The Kier molecular flexibility index (Phi) is 2.76. The van der Waals surface area contributed by atoms with Gasteiger partial charge in [0.05, 0.1) is 6.16 Å². The summed E-state index contributed by atoms with van der Waals surface area (Å²) in [5, 5.41) is 0. The Morgan fingerprint density at radius 3 is 2.54 bits per heavy atom. The van der Waals surface area contributed by atoms with Gasteiger partial charge in [-0.2, -0.15) is 0 Å². The van der Waals surface area contributed by atoms with Crippen molar-refractivity contribution < 1.29 is 14.4 Å². The fourth-order valence-corrected chi connectivity index (χ4v) is 1.75. The van der Waals surface area contributed by atoms with Crippen LogP contribution in [0.3, 0.4) is 0 Å². The molecule has 0 fully saturated rings. The third-order valence-electron chi connectivity index (χ3n) is 1.72. The van der Waals surface area contributed by atoms with E-state index in [1.165, 1.54) is 0 Å². The van der Waals surface area contributed by atoms with Crippen molar-refractivity contribution >= 4 is 13.3 Å². The Hall–Kier alpha value is -0.830. The molecule has 0 unspecified atom stereocenters. The van der Waals surface area contributed by atoms with Crippen LogP contribution in [-0.4, -0.2) is 9.79 Å². The van der Waals surface area contributed by atoms with Gasteiger partial charge in [-0.1, -0.05) is 12.1 Å². The number of aryl methyl sites for hydroxylation is 1. The molecule has 1 aromatic carbocycles. The quantitative estimate of drug-likeness (QED) is 0.496. The van der Waals surface area contributed by atoms with E-state index in [0.717, 1.165) is 5.56 Å². The molecule has 4 nitrogen and oxygen atoms in total. The average molecular weight is 201 g/mol. The lowest BCUT2D eigenvalue weighted by atomic mass is 10.1. The summed E-state index contributed by atoms with van der Waals surface area (Å²) in [5.41, 5.74) is 7.64. The molecule has 0 atom stereocenters. The van der Waals surface area contributed by atoms with Gasteiger partial charge in [0, 0.05) is 5.69 Å². The molecule has 13 heavy (non-hydrogen) atoms. The highest BCUT2D eigenvalue weighted by atomic mass is 31.2. The molecular weight excluding hydrogens is 189 g/mol. The lowest BCUT2D eigenvalue weighted by molar-refractivity contribution is 0.371. The highest BCUT2D eigenvalue weighted by Gasteiger charge is 2.13. The summed E-state index contributed by atoms with van der Waals surface area (Å²) in [4.78, 5) is 17.4. The Morgan fingerprint density at radius 2 is 2.08 bits per heavy atom. The third kappa shape index (κ3) is 3.19. The number of nitrogen functional groups attached to an aromatic ring is 1. The summed E-state index contributed by atoms with van der Waals surface area (Å²) in [6.45, 7) is 1.80. The van der Waals surface area contributed by atoms with Crippen LogP contribution in [0.4, 0.5) is 5.69 Å². The Morgan fingerprint density at radius 1 is 1.46 bits per heavy atom. The van der Waals surface area contributed by atoms with Crippen LogP contribution in [-0.2, 0) is 10.7 Å². The van der Waals surface area contributed by atoms with Gasteiger partial charge < -0.3 is 15.5 Å². The molecule has 0 radical (unpaired) electrons. The normalized spacial score (nSPS) is 11.6. The van der Waals surface area contributed by atoms with Crippen LogP contribution < -0.4 is 5.73 Å². The molecule has 0 bridgehead atoms. The molecule has 0 saturated heterocycles. The van der Waals surface area contributed by atoms with Gasteiger partial charge in [0.25, 0.3) is 0 Å². The average Bonchev–Trinajstić information content (AvgIpc) is 1.94. The molecule has 1 aromatic rings. The smallest absolute Gasteiger partial charge is 0.329 e. The molecule has 0 amide bonds. The lowest BCUT2D eigenvalue weighted by Gasteiger charge is -2.06. The summed E-state index contributed by atoms with van der Waals surface area (Å²) in [7, 11) is -3.96. The van der Waals surface area contributed by atoms with Crippen molar-refractivity contribution in [2.75, 3.05) is 5.73 Å². The van der Waals surface area contributed by atoms with E-state index in [0.29, 0.717) is 11.3 Å². The summed E-state index contributed by atoms with van der Waals surface area (Å²) >= 11 is 0. The minimum absolute atomic E-state index is 0.228. The van der Waals surface area contributed by atoms with Gasteiger partial charge in [0.15, 0.2) is 0 Å². The molecular formula is C8H12NO3P. The molecule has 0 aliphatic heterocycles. The molecule has 0 saturated carbocycles. The van der Waals surface area contributed by atoms with Gasteiger partial charge >= 0.3 is 7.60 Å². The summed E-state index contributed by atoms with van der Waals surface area (Å²) in [6, 6.07) is 4.97. The molecule has 0 heterocycles. The number of benzene rings is 1. The van der Waals surface area contributed by atoms with E-state index in [2.05, 4.69) is 0 Å². The molecule has 4 N–H and O–H groups in total. The van der Waals surface area contributed by atoms with Crippen molar-refractivity contribution in [2.24, 2.45) is 0 Å². The first-order chi connectivity index (χ1) is 5.88. The largest absolute Gasteiger partial charge is 0.399 e. The van der Waals surface area contributed by atoms with Crippen molar-refractivity contribution in [1.29, 1.82) is 0 Å². The maximum absolute atomic E-state index is 10.7. The summed E-state index contributed by atoms with van der Waals surface area (Å²) in [6.07, 6.45) is -0.228. The van der Waals surface area contributed by atoms with Gasteiger partial charge in [-0.3, -0.25) is 4.57 Å². The predicted molar refractivity (Wildman–Crippen MR) is 51.3 cm³/mol. The summed E-state index contributed by atoms with van der Waals surface area (Å²) in [5.74, 6) is 0. The number of rotatable bonds is 2. The van der Waals surface area contributed by atoms with E-state index >= 15 is 0 Å². The zero-order valence-electron chi connectivity index (χ0n) is 7.27. The third-order valence-corrected chi connectivity index (χ3v) is 2.50. The van der Waals surface area contributed by atoms with Gasteiger partial charge in [0.1, 0.15) is 0 Å². The number of anilines is 1. The first-order valence-electron chi connectivity index (χ1n) is 3.78. The van der Waals surface area contributed by atoms with Crippen molar-refractivity contribution in [1.82, 2.24) is 0 Å². The van der Waals surface area contributed by atoms with Crippen molar-refractivity contribution in [3.63, 3.8) is 0 Å². The van der Waals surface area contributed by atoms with Crippen LogP contribution in [0.25, 0.3) is 0 Å². The van der Waals surface area contributed by atoms with Crippen LogP contribution >= 0.6 is 7.60 Å². The molecule has 5 heteroatoms. The Balaban J connectivity index is 2.92. The Bertz CT molecular complexity index is 358. The second kappa shape index (κ2) is 3.50. The van der Waals surface area contributed by atoms with Crippen LogP contribution in [0.15, 0.2) is 18.2 Å². The predicted octanol–water partition coefficient (Wildman–Crippen LogP) is 1.25. The monoisotopic (exact) mass is 201 g/mol. The fourth-order valence-electron chi connectivity index (χ4n) is 1.07. The fraction of sp³-hybridized carbons (Fsp3) is 0.250. The second-order valence-electron chi connectivity index (χ2n) is 3.01. The van der Waals surface area contributed by atoms with Gasteiger partial charge in [-0.05, 0) is 24.1 Å². The lowest BCUT2D eigenvalue weighted by Crippen LogP contribution is -1.92. The zero-order chi connectivity index (χ0) is 10.1. The number of hydrogen-bond donors (Lipinski definition) is 3. The first kappa shape index (κ1) is 10.3. The van der Waals surface area contributed by atoms with E-state index in [1.54, 1.807) is 25.1 Å². The van der Waals surface area contributed by atoms with E-state index in [-0.39, 0.29) is 6.16 Å². The van der Waals surface area contributed by atoms with Gasteiger partial charge in [-0.15, -0.1) is 0 Å². The minimum atomic E-state index is -3.96. The van der Waals surface area contributed by atoms with Crippen LogP contribution in [0.1, 0.15) is 11.1 Å². The molecule has 0 spiro atoms. The van der Waals surface area contributed by atoms with Crippen molar-refractivity contribution in [3.8, 4) is 0 Å². The second-order valence-corrected chi connectivity index (χ2v) is 4.66. The van der Waals surface area contributed by atoms with Crippen molar-refractivity contribution in [3.05, 3.63) is 29.3 Å². The van der Waals surface area contributed by atoms with E-state index in [9.17, 15) is 4.57 Å². The molecule has 0 aliphatic carbocycles. The summed E-state index contributed by atoms with van der Waals surface area (Å²) < 4.78 is 10.7. The SMILES string of the molecule is Cc1cc(CP(=O)(O)O)ccc1N. The van der Waals surface area contributed by atoms with E-state index in [4.69, 9.17) is 15.5 Å². The standard InChI is InChI=1S/C8H12NO3P/c1-6-4-7(2-3-8(6)9)5-13(10,11)12/h2-4H,5,9H2,1H3,(H2,10,11,12). The minimum Gasteiger partial charge on any atom is -0.399 e. The van der Waals surface area contributed by atoms with Crippen LogP contribution in [0, 0.1) is 6.92 Å². The highest BCUT2D eigenvalue weighted by Crippen LogP contribution is 2.39.